The lowest BCUT2D eigenvalue weighted by Crippen LogP contribution is -2.25. The summed E-state index contributed by atoms with van der Waals surface area (Å²) in [7, 11) is 1.81. The first kappa shape index (κ1) is 6.81. The number of rotatable bonds is 0. The van der Waals surface area contributed by atoms with E-state index in [1.54, 1.807) is 4.90 Å². The number of hydrogen-bond donors (Lipinski definition) is 0. The van der Waals surface area contributed by atoms with Gasteiger partial charge in [-0.3, -0.25) is 4.79 Å². The molecule has 3 nitrogen and oxygen atoms in total. The molecule has 1 aliphatic rings. The predicted octanol–water partition coefficient (Wildman–Crippen LogP) is 0.298. The Bertz CT molecular complexity index is 224. The highest BCUT2D eigenvalue weighted by molar-refractivity contribution is 5.91. The van der Waals surface area contributed by atoms with Crippen molar-refractivity contribution in [3.63, 3.8) is 0 Å². The Morgan fingerprint density at radius 3 is 3.00 bits per heavy atom. The van der Waals surface area contributed by atoms with Gasteiger partial charge in [0.25, 0.3) is 0 Å². The zero-order valence-electron chi connectivity index (χ0n) is 5.79. The fourth-order valence-electron chi connectivity index (χ4n) is 0.851. The molecule has 0 fully saturated rings. The Hall–Kier alpha value is -1.30. The minimum Gasteiger partial charge on any atom is -0.366 e. The summed E-state index contributed by atoms with van der Waals surface area (Å²) in [5.41, 5.74) is 0.469. The molecular formula is C7H8N2O. The van der Waals surface area contributed by atoms with E-state index < -0.39 is 0 Å². The Labute approximate surface area is 59.5 Å². The van der Waals surface area contributed by atoms with Crippen LogP contribution in [0.1, 0.15) is 6.42 Å². The zero-order valence-corrected chi connectivity index (χ0v) is 5.79. The van der Waals surface area contributed by atoms with Crippen LogP contribution in [0.5, 0.6) is 0 Å². The summed E-state index contributed by atoms with van der Waals surface area (Å²) in [4.78, 5) is 12.5. The predicted molar refractivity (Wildman–Crippen MR) is 36.0 cm³/mol. The molecule has 0 N–H and O–H groups in total. The number of nitrogens with zero attached hydrogens (tertiary/aromatic N) is 2. The van der Waals surface area contributed by atoms with Crippen LogP contribution in [-0.4, -0.2) is 24.3 Å². The number of carbonyl (C=O) groups is 1. The minimum absolute atomic E-state index is 0.0506. The molecular weight excluding hydrogens is 128 g/mol. The van der Waals surface area contributed by atoms with E-state index in [0.717, 1.165) is 0 Å². The molecule has 1 aliphatic heterocycles. The molecule has 52 valence electrons. The molecule has 0 atom stereocenters. The van der Waals surface area contributed by atoms with Crippen molar-refractivity contribution in [1.29, 1.82) is 5.26 Å². The van der Waals surface area contributed by atoms with Crippen LogP contribution >= 0.6 is 0 Å². The molecule has 0 bridgehead atoms. The first-order valence-electron chi connectivity index (χ1n) is 3.10. The van der Waals surface area contributed by atoms with Crippen LogP contribution in [0, 0.1) is 11.3 Å². The van der Waals surface area contributed by atoms with E-state index in [1.807, 2.05) is 13.1 Å². The summed E-state index contributed by atoms with van der Waals surface area (Å²) in [6.45, 7) is 0.665. The highest BCUT2D eigenvalue weighted by Crippen LogP contribution is 2.07. The summed E-state index contributed by atoms with van der Waals surface area (Å²) in [6.07, 6.45) is 1.92. The van der Waals surface area contributed by atoms with Crippen molar-refractivity contribution in [3.8, 4) is 6.07 Å². The highest BCUT2D eigenvalue weighted by atomic mass is 16.1. The van der Waals surface area contributed by atoms with Crippen LogP contribution in [0.15, 0.2) is 11.8 Å². The zero-order chi connectivity index (χ0) is 7.56. The maximum Gasteiger partial charge on any atom is 0.160 e. The lowest BCUT2D eigenvalue weighted by atomic mass is 10.1. The molecule has 0 saturated heterocycles. The van der Waals surface area contributed by atoms with E-state index in [-0.39, 0.29) is 5.78 Å². The summed E-state index contributed by atoms with van der Waals surface area (Å²) in [6, 6.07) is 1.95. The Morgan fingerprint density at radius 1 is 1.80 bits per heavy atom. The van der Waals surface area contributed by atoms with Gasteiger partial charge in [-0.25, -0.2) is 0 Å². The normalized spacial score (nSPS) is 18.2. The fraction of sp³-hybridized carbons (Fsp3) is 0.429. The Morgan fingerprint density at radius 2 is 2.50 bits per heavy atom. The van der Waals surface area contributed by atoms with E-state index in [1.165, 1.54) is 6.08 Å². The lowest BCUT2D eigenvalue weighted by molar-refractivity contribution is -0.115. The van der Waals surface area contributed by atoms with Crippen LogP contribution in [0.4, 0.5) is 0 Å². The van der Waals surface area contributed by atoms with Crippen LogP contribution < -0.4 is 0 Å². The molecule has 0 amide bonds. The third-order valence-electron chi connectivity index (χ3n) is 1.52. The average Bonchev–Trinajstić information content (AvgIpc) is 1.94. The second-order valence-corrected chi connectivity index (χ2v) is 2.28. The van der Waals surface area contributed by atoms with Crippen molar-refractivity contribution in [2.24, 2.45) is 0 Å². The average molecular weight is 136 g/mol. The molecule has 0 spiro atoms. The van der Waals surface area contributed by atoms with Crippen molar-refractivity contribution in [1.82, 2.24) is 4.90 Å². The van der Waals surface area contributed by atoms with E-state index >= 15 is 0 Å². The van der Waals surface area contributed by atoms with Gasteiger partial charge in [0.2, 0.25) is 0 Å². The molecule has 0 aromatic rings. The number of hydrogen-bond acceptors (Lipinski definition) is 3. The Kier molecular flexibility index (Phi) is 1.72. The number of ketones is 1. The van der Waals surface area contributed by atoms with Gasteiger partial charge in [-0.2, -0.15) is 5.26 Å². The molecule has 0 radical (unpaired) electrons. The fourth-order valence-corrected chi connectivity index (χ4v) is 0.851. The first-order chi connectivity index (χ1) is 4.74. The molecule has 0 unspecified atom stereocenters. The second-order valence-electron chi connectivity index (χ2n) is 2.28. The maximum absolute atomic E-state index is 10.7. The topological polar surface area (TPSA) is 44.1 Å². The minimum atomic E-state index is 0.0506. The van der Waals surface area contributed by atoms with E-state index in [9.17, 15) is 4.79 Å². The molecule has 1 rings (SSSR count). The molecule has 3 heteroatoms. The summed E-state index contributed by atoms with van der Waals surface area (Å²) >= 11 is 0. The van der Waals surface area contributed by atoms with Gasteiger partial charge >= 0.3 is 0 Å². The van der Waals surface area contributed by atoms with Crippen LogP contribution in [0.3, 0.4) is 0 Å². The van der Waals surface area contributed by atoms with Gasteiger partial charge in [0.05, 0.1) is 0 Å². The number of allylic oxidation sites excluding steroid dienone is 2. The summed E-state index contributed by atoms with van der Waals surface area (Å²) < 4.78 is 0. The molecule has 0 saturated carbocycles. The van der Waals surface area contributed by atoms with Gasteiger partial charge in [0.15, 0.2) is 5.78 Å². The Balaban J connectivity index is 2.84. The van der Waals surface area contributed by atoms with E-state index in [2.05, 4.69) is 0 Å². The van der Waals surface area contributed by atoms with Crippen LogP contribution in [0.2, 0.25) is 0 Å². The van der Waals surface area contributed by atoms with Crippen LogP contribution in [-0.2, 0) is 4.79 Å². The lowest BCUT2D eigenvalue weighted by Gasteiger charge is -2.20. The maximum atomic E-state index is 10.7. The van der Waals surface area contributed by atoms with Crippen molar-refractivity contribution in [2.45, 2.75) is 6.42 Å². The van der Waals surface area contributed by atoms with Crippen LogP contribution in [0.25, 0.3) is 0 Å². The molecule has 0 aromatic carbocycles. The van der Waals surface area contributed by atoms with Gasteiger partial charge in [-0.05, 0) is 0 Å². The van der Waals surface area contributed by atoms with Gasteiger partial charge in [-0.15, -0.1) is 0 Å². The second kappa shape index (κ2) is 2.53. The van der Waals surface area contributed by atoms with Crippen molar-refractivity contribution in [2.75, 3.05) is 13.6 Å². The van der Waals surface area contributed by atoms with Gasteiger partial charge in [0.1, 0.15) is 11.8 Å². The largest absolute Gasteiger partial charge is 0.366 e. The van der Waals surface area contributed by atoms with Gasteiger partial charge in [-0.1, -0.05) is 0 Å². The third-order valence-corrected chi connectivity index (χ3v) is 1.52. The van der Waals surface area contributed by atoms with Gasteiger partial charge < -0.3 is 4.90 Å². The molecule has 0 aliphatic carbocycles. The summed E-state index contributed by atoms with van der Waals surface area (Å²) in [5.74, 6) is 0.0506. The first-order valence-corrected chi connectivity index (χ1v) is 3.10. The third kappa shape index (κ3) is 1.16. The number of carbonyl (C=O) groups excluding carboxylic acids is 1. The van der Waals surface area contributed by atoms with Gasteiger partial charge in [0, 0.05) is 26.1 Å². The molecule has 10 heavy (non-hydrogen) atoms. The smallest absolute Gasteiger partial charge is 0.160 e. The quantitative estimate of drug-likeness (QED) is 0.481. The summed E-state index contributed by atoms with van der Waals surface area (Å²) in [5, 5.41) is 8.47. The van der Waals surface area contributed by atoms with Crippen molar-refractivity contribution < 1.29 is 4.79 Å². The monoisotopic (exact) mass is 136 g/mol. The highest BCUT2D eigenvalue weighted by Gasteiger charge is 2.12. The van der Waals surface area contributed by atoms with Crippen molar-refractivity contribution in [3.05, 3.63) is 11.8 Å². The number of nitriles is 1. The standard InChI is InChI=1S/C7H8N2O/c1-9-3-2-7(10)4-6(9)5-8/h4H,2-3H2,1H3. The van der Waals surface area contributed by atoms with E-state index in [4.69, 9.17) is 5.26 Å². The molecule has 1 heterocycles. The van der Waals surface area contributed by atoms with Crippen molar-refractivity contribution >= 4 is 5.78 Å². The van der Waals surface area contributed by atoms with E-state index in [0.29, 0.717) is 18.7 Å². The molecule has 0 aromatic heterocycles. The SMILES string of the molecule is CN1CCC(=O)C=C1C#N.